The largest absolute Gasteiger partial charge is 0.465 e. The molecule has 2 aromatic rings. The molecule has 0 fully saturated rings. The summed E-state index contributed by atoms with van der Waals surface area (Å²) >= 11 is 0. The van der Waals surface area contributed by atoms with E-state index in [0.29, 0.717) is 11.3 Å². The van der Waals surface area contributed by atoms with Gasteiger partial charge in [0.1, 0.15) is 0 Å². The average molecular weight is 346 g/mol. The third-order valence-electron chi connectivity index (χ3n) is 3.36. The van der Waals surface area contributed by atoms with Crippen LogP contribution in [0.5, 0.6) is 0 Å². The number of ether oxygens (including phenoxy) is 1. The van der Waals surface area contributed by atoms with E-state index in [0.717, 1.165) is 11.3 Å². The topological polar surface area (TPSA) is 84.8 Å². The summed E-state index contributed by atoms with van der Waals surface area (Å²) in [6.45, 7) is 1.81. The van der Waals surface area contributed by atoms with Crippen molar-refractivity contribution in [1.82, 2.24) is 0 Å². The Morgan fingerprint density at radius 3 is 2.04 bits per heavy atom. The molecule has 0 saturated carbocycles. The summed E-state index contributed by atoms with van der Waals surface area (Å²) in [5.74, 6) is -0.396. The standard InChI is InChI=1S/C17H18N2O4S/c1-12(13-6-10-16(11-7-13)24(3,21)22)18-19-15-8-4-14(5-9-15)17(20)23-2/h4-11,19H,1-3H3/b18-12+. The van der Waals surface area contributed by atoms with Gasteiger partial charge in [0, 0.05) is 6.26 Å². The van der Waals surface area contributed by atoms with Crippen LogP contribution in [0.3, 0.4) is 0 Å². The zero-order valence-corrected chi connectivity index (χ0v) is 14.4. The molecule has 2 rings (SSSR count). The van der Waals surface area contributed by atoms with Gasteiger partial charge in [-0.3, -0.25) is 5.43 Å². The van der Waals surface area contributed by atoms with E-state index in [2.05, 4.69) is 15.3 Å². The van der Waals surface area contributed by atoms with E-state index in [9.17, 15) is 13.2 Å². The molecule has 0 saturated heterocycles. The second-order valence-electron chi connectivity index (χ2n) is 5.17. The first kappa shape index (κ1) is 17.7. The van der Waals surface area contributed by atoms with Crippen LogP contribution >= 0.6 is 0 Å². The quantitative estimate of drug-likeness (QED) is 0.511. The van der Waals surface area contributed by atoms with E-state index in [4.69, 9.17) is 0 Å². The highest BCUT2D eigenvalue weighted by Gasteiger charge is 2.07. The van der Waals surface area contributed by atoms with Crippen molar-refractivity contribution < 1.29 is 17.9 Å². The number of hydrogen-bond acceptors (Lipinski definition) is 6. The molecule has 0 heterocycles. The molecule has 1 N–H and O–H groups in total. The first-order valence-electron chi connectivity index (χ1n) is 7.10. The summed E-state index contributed by atoms with van der Waals surface area (Å²) in [7, 11) is -1.88. The third-order valence-corrected chi connectivity index (χ3v) is 4.49. The van der Waals surface area contributed by atoms with Gasteiger partial charge >= 0.3 is 5.97 Å². The van der Waals surface area contributed by atoms with Crippen molar-refractivity contribution in [3.05, 3.63) is 59.7 Å². The Bertz CT molecular complexity index is 854. The van der Waals surface area contributed by atoms with E-state index < -0.39 is 15.8 Å². The number of carbonyl (C=O) groups excluding carboxylic acids is 1. The van der Waals surface area contributed by atoms with Crippen LogP contribution in [0.4, 0.5) is 5.69 Å². The Kier molecular flexibility index (Phi) is 5.35. The minimum atomic E-state index is -3.21. The number of nitrogens with one attached hydrogen (secondary N) is 1. The lowest BCUT2D eigenvalue weighted by molar-refractivity contribution is 0.0600. The van der Waals surface area contributed by atoms with E-state index in [1.807, 2.05) is 6.92 Å². The van der Waals surface area contributed by atoms with Crippen molar-refractivity contribution in [2.45, 2.75) is 11.8 Å². The highest BCUT2D eigenvalue weighted by atomic mass is 32.2. The minimum absolute atomic E-state index is 0.269. The number of hydrazone groups is 1. The fourth-order valence-corrected chi connectivity index (χ4v) is 2.59. The first-order chi connectivity index (χ1) is 11.3. The van der Waals surface area contributed by atoms with Crippen molar-refractivity contribution >= 4 is 27.2 Å². The van der Waals surface area contributed by atoms with Crippen molar-refractivity contribution in [1.29, 1.82) is 0 Å². The molecular formula is C17H18N2O4S. The molecular weight excluding hydrogens is 328 g/mol. The van der Waals surface area contributed by atoms with Gasteiger partial charge in [-0.1, -0.05) is 12.1 Å². The Morgan fingerprint density at radius 1 is 1.00 bits per heavy atom. The Morgan fingerprint density at radius 2 is 1.54 bits per heavy atom. The second kappa shape index (κ2) is 7.27. The number of sulfone groups is 1. The number of carbonyl (C=O) groups is 1. The molecule has 0 bridgehead atoms. The number of benzene rings is 2. The molecule has 7 heteroatoms. The molecule has 0 aliphatic heterocycles. The summed E-state index contributed by atoms with van der Waals surface area (Å²) in [4.78, 5) is 11.6. The van der Waals surface area contributed by atoms with Gasteiger partial charge in [-0.25, -0.2) is 13.2 Å². The number of anilines is 1. The van der Waals surface area contributed by atoms with Crippen LogP contribution in [0.15, 0.2) is 58.5 Å². The van der Waals surface area contributed by atoms with Crippen molar-refractivity contribution in [3.8, 4) is 0 Å². The van der Waals surface area contributed by atoms with Gasteiger partial charge in [0.05, 0.1) is 29.0 Å². The van der Waals surface area contributed by atoms with Crippen LogP contribution in [-0.4, -0.2) is 33.5 Å². The highest BCUT2D eigenvalue weighted by molar-refractivity contribution is 7.90. The fraction of sp³-hybridized carbons (Fsp3) is 0.176. The molecule has 0 radical (unpaired) electrons. The molecule has 24 heavy (non-hydrogen) atoms. The van der Waals surface area contributed by atoms with Crippen LogP contribution in [0.2, 0.25) is 0 Å². The predicted molar refractivity (Wildman–Crippen MR) is 93.2 cm³/mol. The third kappa shape index (κ3) is 4.42. The molecule has 0 aliphatic carbocycles. The number of nitrogens with zero attached hydrogens (tertiary/aromatic N) is 1. The van der Waals surface area contributed by atoms with Gasteiger partial charge in [0.15, 0.2) is 9.84 Å². The molecule has 0 aromatic heterocycles. The summed E-state index contributed by atoms with van der Waals surface area (Å²) in [6.07, 6.45) is 1.17. The number of hydrogen-bond donors (Lipinski definition) is 1. The monoisotopic (exact) mass is 346 g/mol. The van der Waals surface area contributed by atoms with Crippen LogP contribution < -0.4 is 5.43 Å². The zero-order chi connectivity index (χ0) is 17.7. The molecule has 0 unspecified atom stereocenters. The first-order valence-corrected chi connectivity index (χ1v) is 8.99. The molecule has 0 amide bonds. The lowest BCUT2D eigenvalue weighted by Gasteiger charge is -2.05. The smallest absolute Gasteiger partial charge is 0.337 e. The van der Waals surface area contributed by atoms with Gasteiger partial charge in [-0.2, -0.15) is 5.10 Å². The van der Waals surface area contributed by atoms with Crippen molar-refractivity contribution in [3.63, 3.8) is 0 Å². The van der Waals surface area contributed by atoms with Crippen molar-refractivity contribution in [2.24, 2.45) is 5.10 Å². The van der Waals surface area contributed by atoms with Crippen molar-refractivity contribution in [2.75, 3.05) is 18.8 Å². The summed E-state index contributed by atoms with van der Waals surface area (Å²) in [5, 5.41) is 4.25. The van der Waals surface area contributed by atoms with Gasteiger partial charge in [0.25, 0.3) is 0 Å². The summed E-state index contributed by atoms with van der Waals surface area (Å²) in [5.41, 5.74) is 5.57. The van der Waals surface area contributed by atoms with E-state index in [1.165, 1.54) is 13.4 Å². The van der Waals surface area contributed by atoms with Crippen LogP contribution in [0.25, 0.3) is 0 Å². The maximum atomic E-state index is 11.4. The minimum Gasteiger partial charge on any atom is -0.465 e. The van der Waals surface area contributed by atoms with Crippen LogP contribution in [0.1, 0.15) is 22.8 Å². The Labute approximate surface area is 141 Å². The SMILES string of the molecule is COC(=O)c1ccc(N/N=C(\C)c2ccc(S(C)(=O)=O)cc2)cc1. The Balaban J connectivity index is 2.10. The van der Waals surface area contributed by atoms with E-state index in [-0.39, 0.29) is 4.90 Å². The zero-order valence-electron chi connectivity index (χ0n) is 13.6. The normalized spacial score (nSPS) is 11.9. The van der Waals surface area contributed by atoms with Gasteiger partial charge < -0.3 is 4.74 Å². The lowest BCUT2D eigenvalue weighted by atomic mass is 10.1. The molecule has 2 aromatic carbocycles. The number of rotatable bonds is 5. The Hall–Kier alpha value is -2.67. The highest BCUT2D eigenvalue weighted by Crippen LogP contribution is 2.13. The molecule has 0 aliphatic rings. The molecule has 0 atom stereocenters. The maximum Gasteiger partial charge on any atom is 0.337 e. The molecule has 6 nitrogen and oxygen atoms in total. The fourth-order valence-electron chi connectivity index (χ4n) is 1.95. The van der Waals surface area contributed by atoms with Gasteiger partial charge in [-0.15, -0.1) is 0 Å². The lowest BCUT2D eigenvalue weighted by Crippen LogP contribution is -2.03. The second-order valence-corrected chi connectivity index (χ2v) is 7.19. The summed E-state index contributed by atoms with van der Waals surface area (Å²) < 4.78 is 27.5. The van der Waals surface area contributed by atoms with Gasteiger partial charge in [-0.05, 0) is 48.9 Å². The number of methoxy groups -OCH3 is 1. The number of esters is 1. The van der Waals surface area contributed by atoms with Crippen LogP contribution in [-0.2, 0) is 14.6 Å². The summed E-state index contributed by atoms with van der Waals surface area (Å²) in [6, 6.07) is 13.2. The van der Waals surface area contributed by atoms with Gasteiger partial charge in [0.2, 0.25) is 0 Å². The predicted octanol–water partition coefficient (Wildman–Crippen LogP) is 2.71. The van der Waals surface area contributed by atoms with E-state index in [1.54, 1.807) is 48.5 Å². The molecule has 0 spiro atoms. The maximum absolute atomic E-state index is 11.4. The van der Waals surface area contributed by atoms with Crippen LogP contribution in [0, 0.1) is 0 Å². The average Bonchev–Trinajstić information content (AvgIpc) is 2.58. The molecule has 126 valence electrons. The van der Waals surface area contributed by atoms with E-state index >= 15 is 0 Å².